The number of hydrogen-bond donors (Lipinski definition) is 0. The van der Waals surface area contributed by atoms with E-state index in [1.807, 2.05) is 0 Å². The Kier molecular flexibility index (Phi) is 5.20. The van der Waals surface area contributed by atoms with Gasteiger partial charge in [0.15, 0.2) is 5.78 Å². The summed E-state index contributed by atoms with van der Waals surface area (Å²) in [6.45, 7) is 13.4. The van der Waals surface area contributed by atoms with Crippen LogP contribution in [-0.4, -0.2) is 24.3 Å². The Balaban J connectivity index is 3.64. The Bertz CT molecular complexity index is 565. The van der Waals surface area contributed by atoms with E-state index in [2.05, 4.69) is 4.74 Å². The van der Waals surface area contributed by atoms with Crippen LogP contribution in [0.15, 0.2) is 23.3 Å². The van der Waals surface area contributed by atoms with Gasteiger partial charge in [-0.3, -0.25) is 4.79 Å². The van der Waals surface area contributed by atoms with Crippen LogP contribution >= 0.6 is 0 Å². The second-order valence-corrected chi connectivity index (χ2v) is 8.52. The van der Waals surface area contributed by atoms with Crippen LogP contribution in [-0.2, 0) is 14.3 Å². The highest BCUT2D eigenvalue weighted by molar-refractivity contribution is 6.11. The highest BCUT2D eigenvalue weighted by atomic mass is 19.3. The Hall–Kier alpha value is -1.52. The molecule has 0 aliphatic heterocycles. The first-order valence-electron chi connectivity index (χ1n) is 8.14. The Morgan fingerprint density at radius 1 is 1.04 bits per heavy atom. The van der Waals surface area contributed by atoms with Gasteiger partial charge in [0.05, 0.1) is 12.0 Å². The van der Waals surface area contributed by atoms with Gasteiger partial charge in [0.2, 0.25) is 0 Å². The van der Waals surface area contributed by atoms with Crippen molar-refractivity contribution in [2.45, 2.75) is 61.3 Å². The number of ketones is 1. The van der Waals surface area contributed by atoms with Gasteiger partial charge in [0.1, 0.15) is 0 Å². The Morgan fingerprint density at radius 3 is 1.71 bits per heavy atom. The van der Waals surface area contributed by atoms with E-state index in [0.717, 1.165) is 0 Å². The summed E-state index contributed by atoms with van der Waals surface area (Å²) in [7, 11) is 0. The third kappa shape index (κ3) is 3.60. The third-order valence-corrected chi connectivity index (χ3v) is 4.20. The zero-order valence-electron chi connectivity index (χ0n) is 15.8. The van der Waals surface area contributed by atoms with Crippen molar-refractivity contribution in [2.75, 3.05) is 6.61 Å². The number of Topliss-reactive ketones (excluding diaryl/α,β-unsaturated/α-hetero) is 1. The zero-order chi connectivity index (χ0) is 19.1. The molecule has 0 atom stereocenters. The summed E-state index contributed by atoms with van der Waals surface area (Å²) < 4.78 is 34.3. The third-order valence-electron chi connectivity index (χ3n) is 4.20. The van der Waals surface area contributed by atoms with Crippen LogP contribution in [0.4, 0.5) is 8.78 Å². The first kappa shape index (κ1) is 20.5. The molecule has 0 aromatic heterocycles. The van der Waals surface area contributed by atoms with E-state index in [4.69, 9.17) is 0 Å². The molecule has 0 aromatic rings. The fourth-order valence-electron chi connectivity index (χ4n) is 2.65. The van der Waals surface area contributed by atoms with Gasteiger partial charge in [-0.05, 0) is 24.7 Å². The first-order chi connectivity index (χ1) is 10.6. The summed E-state index contributed by atoms with van der Waals surface area (Å²) in [6, 6.07) is 0. The lowest BCUT2D eigenvalue weighted by Gasteiger charge is -2.40. The van der Waals surface area contributed by atoms with Crippen molar-refractivity contribution < 1.29 is 23.1 Å². The molecular formula is C19H28F2O3. The summed E-state index contributed by atoms with van der Waals surface area (Å²) in [6.07, 6.45) is 2.48. The van der Waals surface area contributed by atoms with Crippen molar-refractivity contribution in [1.82, 2.24) is 0 Å². The van der Waals surface area contributed by atoms with Crippen LogP contribution in [0.5, 0.6) is 0 Å². The quantitative estimate of drug-likeness (QED) is 0.697. The minimum Gasteiger partial charge on any atom is -0.462 e. The summed E-state index contributed by atoms with van der Waals surface area (Å²) in [5.74, 6) is -5.58. The Morgan fingerprint density at radius 2 is 1.42 bits per heavy atom. The number of alkyl halides is 2. The summed E-state index contributed by atoms with van der Waals surface area (Å²) in [4.78, 5) is 24.7. The summed E-state index contributed by atoms with van der Waals surface area (Å²) >= 11 is 0. The highest BCUT2D eigenvalue weighted by Crippen LogP contribution is 2.49. The predicted molar refractivity (Wildman–Crippen MR) is 89.8 cm³/mol. The molecule has 1 rings (SSSR count). The average Bonchev–Trinajstić information content (AvgIpc) is 2.38. The smallest absolute Gasteiger partial charge is 0.378 e. The van der Waals surface area contributed by atoms with Crippen molar-refractivity contribution in [3.8, 4) is 0 Å². The lowest BCUT2D eigenvalue weighted by molar-refractivity contribution is -0.182. The van der Waals surface area contributed by atoms with Crippen molar-refractivity contribution in [3.05, 3.63) is 23.3 Å². The van der Waals surface area contributed by atoms with Gasteiger partial charge < -0.3 is 4.74 Å². The van der Waals surface area contributed by atoms with Crippen LogP contribution in [0.1, 0.15) is 55.4 Å². The average molecular weight is 342 g/mol. The van der Waals surface area contributed by atoms with Crippen LogP contribution in [0.3, 0.4) is 0 Å². The van der Waals surface area contributed by atoms with Crippen molar-refractivity contribution >= 4 is 11.8 Å². The molecule has 1 aliphatic carbocycles. The maximum absolute atomic E-state index is 14.8. The van der Waals surface area contributed by atoms with E-state index in [9.17, 15) is 18.4 Å². The number of carbonyl (C=O) groups excluding carboxylic acids is 2. The van der Waals surface area contributed by atoms with Gasteiger partial charge in [0.25, 0.3) is 0 Å². The number of allylic oxidation sites excluding steroid dienone is 4. The van der Waals surface area contributed by atoms with E-state index in [1.54, 1.807) is 41.5 Å². The summed E-state index contributed by atoms with van der Waals surface area (Å²) in [5.41, 5.74) is -2.57. The van der Waals surface area contributed by atoms with Gasteiger partial charge in [-0.15, -0.1) is 0 Å². The van der Waals surface area contributed by atoms with Gasteiger partial charge in [-0.2, -0.15) is 8.78 Å². The molecule has 0 bridgehead atoms. The maximum Gasteiger partial charge on any atom is 0.378 e. The number of carbonyl (C=O) groups is 2. The lowest BCUT2D eigenvalue weighted by Crippen LogP contribution is -2.47. The number of rotatable bonds is 3. The van der Waals surface area contributed by atoms with E-state index in [1.165, 1.54) is 26.0 Å². The molecule has 3 nitrogen and oxygen atoms in total. The predicted octanol–water partition coefficient (Wildman–Crippen LogP) is 4.72. The number of halogens is 2. The number of hydrogen-bond acceptors (Lipinski definition) is 3. The van der Waals surface area contributed by atoms with E-state index >= 15 is 0 Å². The van der Waals surface area contributed by atoms with Crippen LogP contribution in [0.25, 0.3) is 0 Å². The monoisotopic (exact) mass is 342 g/mol. The highest BCUT2D eigenvalue weighted by Gasteiger charge is 2.58. The van der Waals surface area contributed by atoms with E-state index in [-0.39, 0.29) is 12.4 Å². The fourth-order valence-corrected chi connectivity index (χ4v) is 2.65. The molecule has 0 N–H and O–H groups in total. The first-order valence-corrected chi connectivity index (χ1v) is 8.14. The molecule has 0 heterocycles. The van der Waals surface area contributed by atoms with Crippen LogP contribution in [0, 0.1) is 16.2 Å². The van der Waals surface area contributed by atoms with Crippen molar-refractivity contribution in [2.24, 2.45) is 16.2 Å². The number of esters is 1. The van der Waals surface area contributed by atoms with Gasteiger partial charge in [-0.25, -0.2) is 4.79 Å². The molecule has 0 fully saturated rings. The van der Waals surface area contributed by atoms with Crippen LogP contribution in [0.2, 0.25) is 0 Å². The lowest BCUT2D eigenvalue weighted by atomic mass is 9.65. The zero-order valence-corrected chi connectivity index (χ0v) is 15.8. The molecule has 0 aromatic carbocycles. The fraction of sp³-hybridized carbons (Fsp3) is 0.684. The molecule has 0 saturated carbocycles. The van der Waals surface area contributed by atoms with E-state index < -0.39 is 28.1 Å². The molecule has 0 spiro atoms. The second-order valence-electron chi connectivity index (χ2n) is 8.52. The molecule has 24 heavy (non-hydrogen) atoms. The number of ether oxygens (including phenoxy) is 1. The molecule has 1 aliphatic rings. The standard InChI is InChI=1S/C19H28F2O3/c1-9-24-15(23)19(20,21)18(8)10-12(16(2,3)4)14(22)13(11-18)17(5,6)7/h10-11H,9H2,1-8H3. The van der Waals surface area contributed by atoms with Gasteiger partial charge in [-0.1, -0.05) is 53.7 Å². The molecule has 0 unspecified atom stereocenters. The normalized spacial score (nSPS) is 18.8. The van der Waals surface area contributed by atoms with Crippen molar-refractivity contribution in [3.63, 3.8) is 0 Å². The largest absolute Gasteiger partial charge is 0.462 e. The second kappa shape index (κ2) is 6.08. The Labute approximate surface area is 143 Å². The molecule has 0 saturated heterocycles. The molecule has 0 amide bonds. The molecule has 0 radical (unpaired) electrons. The topological polar surface area (TPSA) is 43.4 Å². The van der Waals surface area contributed by atoms with E-state index in [0.29, 0.717) is 11.1 Å². The van der Waals surface area contributed by atoms with Crippen LogP contribution < -0.4 is 0 Å². The SMILES string of the molecule is CCOC(=O)C(F)(F)C1(C)C=C(C(C)(C)C)C(=O)C(C(C)(C)C)=C1. The van der Waals surface area contributed by atoms with Gasteiger partial charge >= 0.3 is 11.9 Å². The minimum atomic E-state index is -3.77. The molecule has 5 heteroatoms. The summed E-state index contributed by atoms with van der Waals surface area (Å²) in [5, 5.41) is 0. The molecule has 136 valence electrons. The maximum atomic E-state index is 14.8. The van der Waals surface area contributed by atoms with Gasteiger partial charge in [0, 0.05) is 11.1 Å². The van der Waals surface area contributed by atoms with Crippen molar-refractivity contribution in [1.29, 1.82) is 0 Å². The minimum absolute atomic E-state index is 0.130. The molecular weight excluding hydrogens is 314 g/mol.